The minimum atomic E-state index is -0.180. The smallest absolute Gasteiger partial charge is 0.0541 e. The number of nitrogens with zero attached hydrogens (tertiary/aromatic N) is 2. The second-order valence-electron chi connectivity index (χ2n) is 24.1. The van der Waals surface area contributed by atoms with E-state index in [-0.39, 0.29) is 16.2 Å². The van der Waals surface area contributed by atoms with Gasteiger partial charge in [0.2, 0.25) is 0 Å². The SMILES string of the molecule is CC1(C)c2cc(/C=C/c3ccc4c(c3)c3ccccc3n4-c3ccccc3)ccc2-c2ccc(-c3ccc4c(c3)C(C)(C)c3cc(-c5ccc6c(c5)c5ccccc5n6-c5ccc6c(c5)C(C)(C)c5ccccc5-6)ccc3-4)cc21. The van der Waals surface area contributed by atoms with E-state index in [1.165, 1.54) is 155 Å². The molecule has 0 N–H and O–H groups in total. The van der Waals surface area contributed by atoms with Crippen LogP contribution in [0.1, 0.15) is 86.1 Å². The Morgan fingerprint density at radius 3 is 1.24 bits per heavy atom. The van der Waals surface area contributed by atoms with Crippen molar-refractivity contribution in [2.45, 2.75) is 57.8 Å². The number of hydrogen-bond acceptors (Lipinski definition) is 0. The van der Waals surface area contributed by atoms with Crippen molar-refractivity contribution in [1.29, 1.82) is 0 Å². The molecule has 2 nitrogen and oxygen atoms in total. The highest BCUT2D eigenvalue weighted by Gasteiger charge is 2.39. The molecule has 11 aromatic carbocycles. The van der Waals surface area contributed by atoms with Crippen LogP contribution in [0.3, 0.4) is 0 Å². The summed E-state index contributed by atoms with van der Waals surface area (Å²) in [7, 11) is 0. The second-order valence-corrected chi connectivity index (χ2v) is 24.1. The molecule has 0 fully saturated rings. The Morgan fingerprint density at radius 1 is 0.253 bits per heavy atom. The maximum absolute atomic E-state index is 2.48. The van der Waals surface area contributed by atoms with Crippen molar-refractivity contribution in [3.05, 3.63) is 275 Å². The minimum Gasteiger partial charge on any atom is -0.309 e. The van der Waals surface area contributed by atoms with E-state index >= 15 is 0 Å². The first-order chi connectivity index (χ1) is 38.4. The van der Waals surface area contributed by atoms with Crippen molar-refractivity contribution in [1.82, 2.24) is 9.13 Å². The standard InChI is InChI=1S/C77H58N2/c1-75(2)65-21-13-10-18-55(65)60-37-32-54(46-70(60)75)79-72-23-15-12-20-62(72)64-42-49(31-39-74(64)79)50-28-34-58-59-36-30-52(45-69(59)77(5,6)68(58)43-50)51-29-35-57-56-33-26-48(41-66(56)76(3,4)67(57)44-51)25-24-47-27-38-73-63(40-47)61-19-11-14-22-71(61)78(73)53-16-8-7-9-17-53/h7-46H,1-6H3/b25-24+. The summed E-state index contributed by atoms with van der Waals surface area (Å²) in [6.45, 7) is 14.4. The third-order valence-corrected chi connectivity index (χ3v) is 18.7. The zero-order chi connectivity index (χ0) is 53.1. The van der Waals surface area contributed by atoms with Gasteiger partial charge in [-0.05, 0) is 179 Å². The van der Waals surface area contributed by atoms with Gasteiger partial charge in [0.25, 0.3) is 0 Å². The van der Waals surface area contributed by atoms with Crippen LogP contribution in [-0.2, 0) is 16.2 Å². The molecular formula is C77H58N2. The summed E-state index contributed by atoms with van der Waals surface area (Å²) >= 11 is 0. The van der Waals surface area contributed by atoms with Crippen LogP contribution < -0.4 is 0 Å². The summed E-state index contributed by atoms with van der Waals surface area (Å²) in [4.78, 5) is 0. The van der Waals surface area contributed by atoms with Crippen molar-refractivity contribution in [2.75, 3.05) is 0 Å². The number of hydrogen-bond donors (Lipinski definition) is 0. The van der Waals surface area contributed by atoms with E-state index in [0.717, 1.165) is 0 Å². The Balaban J connectivity index is 0.687. The molecule has 376 valence electrons. The normalized spacial score (nSPS) is 15.0. The average molecular weight is 1010 g/mol. The van der Waals surface area contributed by atoms with Crippen LogP contribution in [0.5, 0.6) is 0 Å². The molecule has 2 heterocycles. The third-order valence-electron chi connectivity index (χ3n) is 18.7. The summed E-state index contributed by atoms with van der Waals surface area (Å²) < 4.78 is 4.85. The van der Waals surface area contributed by atoms with Crippen LogP contribution in [0.15, 0.2) is 231 Å². The summed E-state index contributed by atoms with van der Waals surface area (Å²) in [5, 5.41) is 5.08. The van der Waals surface area contributed by atoms with Crippen LogP contribution in [0, 0.1) is 0 Å². The molecule has 0 bridgehead atoms. The maximum atomic E-state index is 2.48. The van der Waals surface area contributed by atoms with Crippen molar-refractivity contribution in [2.24, 2.45) is 0 Å². The maximum Gasteiger partial charge on any atom is 0.0541 e. The second kappa shape index (κ2) is 16.4. The predicted molar refractivity (Wildman–Crippen MR) is 334 cm³/mol. The van der Waals surface area contributed by atoms with Crippen molar-refractivity contribution in [3.63, 3.8) is 0 Å². The van der Waals surface area contributed by atoms with Crippen LogP contribution in [0.25, 0.3) is 123 Å². The largest absolute Gasteiger partial charge is 0.309 e. The van der Waals surface area contributed by atoms with E-state index in [1.807, 2.05) is 0 Å². The average Bonchev–Trinajstić information content (AvgIpc) is 4.37. The lowest BCUT2D eigenvalue weighted by molar-refractivity contribution is 0.659. The molecule has 3 aliphatic rings. The van der Waals surface area contributed by atoms with Crippen molar-refractivity contribution in [3.8, 4) is 67.0 Å². The molecule has 0 unspecified atom stereocenters. The highest BCUT2D eigenvalue weighted by Crippen LogP contribution is 2.54. The van der Waals surface area contributed by atoms with E-state index in [1.54, 1.807) is 0 Å². The molecule has 2 aromatic heterocycles. The molecule has 0 aliphatic heterocycles. The first kappa shape index (κ1) is 45.9. The number of benzene rings is 11. The molecule has 2 heteroatoms. The van der Waals surface area contributed by atoms with E-state index in [9.17, 15) is 0 Å². The number of fused-ring (bicyclic) bond motifs is 15. The van der Waals surface area contributed by atoms with Gasteiger partial charge in [-0.15, -0.1) is 0 Å². The third kappa shape index (κ3) is 6.58. The highest BCUT2D eigenvalue weighted by atomic mass is 15.0. The zero-order valence-corrected chi connectivity index (χ0v) is 45.5. The van der Waals surface area contributed by atoms with E-state index in [2.05, 4.69) is 293 Å². The van der Waals surface area contributed by atoms with Gasteiger partial charge < -0.3 is 9.13 Å². The topological polar surface area (TPSA) is 9.86 Å². The molecule has 0 saturated carbocycles. The minimum absolute atomic E-state index is 0.0685. The molecule has 16 rings (SSSR count). The lowest BCUT2D eigenvalue weighted by Crippen LogP contribution is -2.15. The van der Waals surface area contributed by atoms with Crippen LogP contribution in [0.2, 0.25) is 0 Å². The molecule has 0 saturated heterocycles. The van der Waals surface area contributed by atoms with Gasteiger partial charge in [-0.25, -0.2) is 0 Å². The molecule has 13 aromatic rings. The van der Waals surface area contributed by atoms with Crippen LogP contribution >= 0.6 is 0 Å². The predicted octanol–water partition coefficient (Wildman–Crippen LogP) is 20.3. The fourth-order valence-electron chi connectivity index (χ4n) is 14.5. The number of aromatic nitrogens is 2. The van der Waals surface area contributed by atoms with Crippen molar-refractivity contribution < 1.29 is 0 Å². The summed E-state index contributed by atoms with van der Waals surface area (Å²) in [5.74, 6) is 0. The van der Waals surface area contributed by atoms with Gasteiger partial charge in [0.15, 0.2) is 0 Å². The van der Waals surface area contributed by atoms with Gasteiger partial charge in [-0.3, -0.25) is 0 Å². The lowest BCUT2D eigenvalue weighted by Gasteiger charge is -2.24. The summed E-state index contributed by atoms with van der Waals surface area (Å²) in [6.07, 6.45) is 4.55. The van der Waals surface area contributed by atoms with E-state index in [4.69, 9.17) is 0 Å². The van der Waals surface area contributed by atoms with E-state index in [0.29, 0.717) is 0 Å². The van der Waals surface area contributed by atoms with Gasteiger partial charge in [0.05, 0.1) is 22.1 Å². The summed E-state index contributed by atoms with van der Waals surface area (Å²) in [6, 6.07) is 86.9. The van der Waals surface area contributed by atoms with Crippen LogP contribution in [0.4, 0.5) is 0 Å². The van der Waals surface area contributed by atoms with Gasteiger partial charge in [-0.1, -0.05) is 205 Å². The monoisotopic (exact) mass is 1010 g/mol. The molecule has 0 radical (unpaired) electrons. The Kier molecular flexibility index (Phi) is 9.53. The fraction of sp³-hybridized carbons (Fsp3) is 0.117. The Hall–Kier alpha value is -9.24. The lowest BCUT2D eigenvalue weighted by atomic mass is 9.79. The molecule has 3 aliphatic carbocycles. The van der Waals surface area contributed by atoms with Gasteiger partial charge >= 0.3 is 0 Å². The van der Waals surface area contributed by atoms with E-state index < -0.39 is 0 Å². The highest BCUT2D eigenvalue weighted by molar-refractivity contribution is 6.11. The first-order valence-corrected chi connectivity index (χ1v) is 28.1. The first-order valence-electron chi connectivity index (χ1n) is 28.1. The summed E-state index contributed by atoms with van der Waals surface area (Å²) in [5.41, 5.74) is 30.7. The molecule has 0 spiro atoms. The van der Waals surface area contributed by atoms with Crippen LogP contribution in [-0.4, -0.2) is 9.13 Å². The van der Waals surface area contributed by atoms with Gasteiger partial charge in [-0.2, -0.15) is 0 Å². The molecule has 0 atom stereocenters. The Labute approximate surface area is 462 Å². The Morgan fingerprint density at radius 2 is 0.633 bits per heavy atom. The molecule has 79 heavy (non-hydrogen) atoms. The fourth-order valence-corrected chi connectivity index (χ4v) is 14.5. The zero-order valence-electron chi connectivity index (χ0n) is 45.5. The molecular weight excluding hydrogens is 953 g/mol. The quantitative estimate of drug-likeness (QED) is 0.147. The Bertz CT molecular complexity index is 4800. The van der Waals surface area contributed by atoms with Gasteiger partial charge in [0.1, 0.15) is 0 Å². The molecule has 0 amide bonds. The van der Waals surface area contributed by atoms with Crippen molar-refractivity contribution >= 4 is 55.8 Å². The number of para-hydroxylation sites is 3. The van der Waals surface area contributed by atoms with Gasteiger partial charge in [0, 0.05) is 49.2 Å². The number of rotatable bonds is 6.